The predicted octanol–water partition coefficient (Wildman–Crippen LogP) is 2.92. The van der Waals surface area contributed by atoms with Crippen LogP contribution >= 0.6 is 0 Å². The lowest BCUT2D eigenvalue weighted by molar-refractivity contribution is -0.0646. The molecule has 1 aromatic heterocycles. The maximum Gasteiger partial charge on any atom is 0.161 e. The maximum absolute atomic E-state index is 11.2. The Morgan fingerprint density at radius 3 is 2.85 bits per heavy atom. The minimum absolute atomic E-state index is 0.167. The zero-order valence-electron chi connectivity index (χ0n) is 19.9. The summed E-state index contributed by atoms with van der Waals surface area (Å²) in [6.07, 6.45) is 5.42. The van der Waals surface area contributed by atoms with Gasteiger partial charge in [-0.2, -0.15) is 0 Å². The molecule has 2 aromatic carbocycles. The smallest absolute Gasteiger partial charge is 0.161 e. The molecule has 0 amide bonds. The van der Waals surface area contributed by atoms with Crippen LogP contribution in [0.4, 0.5) is 0 Å². The number of rotatable bonds is 10. The minimum Gasteiger partial charge on any atom is -0.493 e. The van der Waals surface area contributed by atoms with E-state index in [-0.39, 0.29) is 13.2 Å². The third-order valence-electron chi connectivity index (χ3n) is 5.74. The monoisotopic (exact) mass is 467 g/mol. The number of nitrogens with zero attached hydrogens (tertiary/aromatic N) is 3. The zero-order chi connectivity index (χ0) is 23.8. The number of hydrogen-bond acceptors (Lipinski definition) is 7. The molecule has 8 nitrogen and oxygen atoms in total. The standard InChI is InChI=1S/C26H33N3O5/c1-21-4-3-5-23(14-21)34-19-26(30)17-29(10-12-32-18-26)16-22-6-7-24(25(15-22)31-2)33-13-11-28-9-8-27-20-28/h3-9,14-15,20,30H,10-13,16-19H2,1-2H3/t26-/m0/s1. The van der Waals surface area contributed by atoms with Crippen molar-refractivity contribution >= 4 is 0 Å². The Hall–Kier alpha value is -3.07. The number of imidazole rings is 1. The number of methoxy groups -OCH3 is 1. The molecule has 1 aliphatic heterocycles. The number of β-amino-alcohol motifs (C(OH)–C–C–N with tert-alkyl or cyclic N) is 1. The zero-order valence-corrected chi connectivity index (χ0v) is 19.9. The van der Waals surface area contributed by atoms with Crippen molar-refractivity contribution in [3.8, 4) is 17.2 Å². The van der Waals surface area contributed by atoms with Gasteiger partial charge in [0.25, 0.3) is 0 Å². The van der Waals surface area contributed by atoms with Crippen molar-refractivity contribution in [1.29, 1.82) is 0 Å². The summed E-state index contributed by atoms with van der Waals surface area (Å²) in [5.74, 6) is 2.14. The van der Waals surface area contributed by atoms with Gasteiger partial charge in [0.1, 0.15) is 24.6 Å². The Morgan fingerprint density at radius 2 is 2.06 bits per heavy atom. The summed E-state index contributed by atoms with van der Waals surface area (Å²) >= 11 is 0. The van der Waals surface area contributed by atoms with E-state index in [2.05, 4.69) is 9.88 Å². The highest BCUT2D eigenvalue weighted by atomic mass is 16.5. The third kappa shape index (κ3) is 6.72. The van der Waals surface area contributed by atoms with Gasteiger partial charge in [-0.15, -0.1) is 0 Å². The normalized spacial score (nSPS) is 18.9. The molecule has 34 heavy (non-hydrogen) atoms. The number of benzene rings is 2. The molecule has 1 fully saturated rings. The van der Waals surface area contributed by atoms with E-state index in [0.717, 1.165) is 23.4 Å². The number of aromatic nitrogens is 2. The van der Waals surface area contributed by atoms with Crippen molar-refractivity contribution in [3.63, 3.8) is 0 Å². The Bertz CT molecular complexity index is 1040. The van der Waals surface area contributed by atoms with Gasteiger partial charge in [-0.05, 0) is 42.3 Å². The first-order valence-corrected chi connectivity index (χ1v) is 11.5. The molecule has 182 valence electrons. The molecule has 8 heteroatoms. The Morgan fingerprint density at radius 1 is 1.15 bits per heavy atom. The van der Waals surface area contributed by atoms with Crippen LogP contribution in [0.5, 0.6) is 17.2 Å². The second-order valence-electron chi connectivity index (χ2n) is 8.73. The topological polar surface area (TPSA) is 78.2 Å². The van der Waals surface area contributed by atoms with E-state index in [9.17, 15) is 5.11 Å². The number of ether oxygens (including phenoxy) is 4. The molecule has 0 aliphatic carbocycles. The van der Waals surface area contributed by atoms with Crippen molar-refractivity contribution < 1.29 is 24.1 Å². The summed E-state index contributed by atoms with van der Waals surface area (Å²) in [5.41, 5.74) is 1.09. The molecule has 3 aromatic rings. The Balaban J connectivity index is 1.35. The number of aliphatic hydroxyl groups is 1. The fourth-order valence-corrected chi connectivity index (χ4v) is 4.01. The molecule has 4 rings (SSSR count). The molecule has 1 saturated heterocycles. The molecular formula is C26H33N3O5. The number of hydrogen-bond donors (Lipinski definition) is 1. The van der Waals surface area contributed by atoms with E-state index in [1.54, 1.807) is 19.6 Å². The quantitative estimate of drug-likeness (QED) is 0.491. The van der Waals surface area contributed by atoms with Crippen molar-refractivity contribution in [3.05, 3.63) is 72.3 Å². The van der Waals surface area contributed by atoms with E-state index in [4.69, 9.17) is 18.9 Å². The van der Waals surface area contributed by atoms with Gasteiger partial charge in [-0.3, -0.25) is 4.90 Å². The van der Waals surface area contributed by atoms with Crippen molar-refractivity contribution in [1.82, 2.24) is 14.5 Å². The molecule has 0 unspecified atom stereocenters. The van der Waals surface area contributed by atoms with E-state index in [1.807, 2.05) is 60.2 Å². The van der Waals surface area contributed by atoms with E-state index in [0.29, 0.717) is 44.3 Å². The second-order valence-corrected chi connectivity index (χ2v) is 8.73. The summed E-state index contributed by atoms with van der Waals surface area (Å²) in [6.45, 7) is 6.03. The molecule has 0 radical (unpaired) electrons. The van der Waals surface area contributed by atoms with Crippen LogP contribution in [0.1, 0.15) is 11.1 Å². The predicted molar refractivity (Wildman–Crippen MR) is 128 cm³/mol. The molecule has 0 bridgehead atoms. The van der Waals surface area contributed by atoms with Crippen LogP contribution in [0.25, 0.3) is 0 Å². The molecule has 0 saturated carbocycles. The van der Waals surface area contributed by atoms with E-state index in [1.165, 1.54) is 0 Å². The van der Waals surface area contributed by atoms with Crippen LogP contribution in [0, 0.1) is 6.92 Å². The van der Waals surface area contributed by atoms with Crippen LogP contribution in [-0.4, -0.2) is 71.8 Å². The van der Waals surface area contributed by atoms with E-state index < -0.39 is 5.60 Å². The van der Waals surface area contributed by atoms with Crippen molar-refractivity contribution in [2.75, 3.05) is 46.6 Å². The summed E-state index contributed by atoms with van der Waals surface area (Å²) in [4.78, 5) is 6.22. The van der Waals surface area contributed by atoms with Gasteiger partial charge in [0.2, 0.25) is 0 Å². The lowest BCUT2D eigenvalue weighted by Gasteiger charge is -2.30. The first kappa shape index (κ1) is 24.1. The minimum atomic E-state index is -1.10. The number of aryl methyl sites for hydroxylation is 1. The summed E-state index contributed by atoms with van der Waals surface area (Å²) in [5, 5.41) is 11.2. The average molecular weight is 468 g/mol. The average Bonchev–Trinajstić information content (AvgIpc) is 3.28. The van der Waals surface area contributed by atoms with Crippen molar-refractivity contribution in [2.45, 2.75) is 25.6 Å². The molecule has 0 spiro atoms. The van der Waals surface area contributed by atoms with Crippen LogP contribution in [0.2, 0.25) is 0 Å². The van der Waals surface area contributed by atoms with Gasteiger partial charge < -0.3 is 28.6 Å². The summed E-state index contributed by atoms with van der Waals surface area (Å²) in [6, 6.07) is 13.8. The van der Waals surface area contributed by atoms with Gasteiger partial charge in [-0.1, -0.05) is 18.2 Å². The van der Waals surface area contributed by atoms with Gasteiger partial charge in [-0.25, -0.2) is 4.98 Å². The Kier molecular flexibility index (Phi) is 8.05. The fourth-order valence-electron chi connectivity index (χ4n) is 4.01. The highest BCUT2D eigenvalue weighted by molar-refractivity contribution is 5.43. The summed E-state index contributed by atoms with van der Waals surface area (Å²) < 4.78 is 25.1. The van der Waals surface area contributed by atoms with Gasteiger partial charge in [0.15, 0.2) is 11.5 Å². The largest absolute Gasteiger partial charge is 0.493 e. The SMILES string of the molecule is COc1cc(CN2CCOC[C@](O)(COc3cccc(C)c3)C2)ccc1OCCn1ccnc1. The third-order valence-corrected chi connectivity index (χ3v) is 5.74. The first-order chi connectivity index (χ1) is 16.5. The summed E-state index contributed by atoms with van der Waals surface area (Å²) in [7, 11) is 1.64. The van der Waals surface area contributed by atoms with Crippen LogP contribution in [0.15, 0.2) is 61.2 Å². The highest BCUT2D eigenvalue weighted by Crippen LogP contribution is 2.29. The van der Waals surface area contributed by atoms with Gasteiger partial charge >= 0.3 is 0 Å². The van der Waals surface area contributed by atoms with Gasteiger partial charge in [0, 0.05) is 32.0 Å². The van der Waals surface area contributed by atoms with Crippen LogP contribution < -0.4 is 14.2 Å². The van der Waals surface area contributed by atoms with Gasteiger partial charge in [0.05, 0.1) is 33.2 Å². The van der Waals surface area contributed by atoms with Crippen molar-refractivity contribution in [2.24, 2.45) is 0 Å². The highest BCUT2D eigenvalue weighted by Gasteiger charge is 2.33. The molecule has 1 N–H and O–H groups in total. The first-order valence-electron chi connectivity index (χ1n) is 11.5. The Labute approximate surface area is 200 Å². The molecular weight excluding hydrogens is 434 g/mol. The molecule has 2 heterocycles. The fraction of sp³-hybridized carbons (Fsp3) is 0.423. The van der Waals surface area contributed by atoms with E-state index >= 15 is 0 Å². The lowest BCUT2D eigenvalue weighted by atomic mass is 10.1. The lowest BCUT2D eigenvalue weighted by Crippen LogP contribution is -2.48. The molecule has 1 aliphatic rings. The van der Waals surface area contributed by atoms with Crippen LogP contribution in [-0.2, 0) is 17.8 Å². The molecule has 1 atom stereocenters. The maximum atomic E-state index is 11.2. The second kappa shape index (κ2) is 11.4. The van der Waals surface area contributed by atoms with Crippen LogP contribution in [0.3, 0.4) is 0 Å².